The molecule has 0 aromatic heterocycles. The molecule has 2 heterocycles. The van der Waals surface area contributed by atoms with Crippen LogP contribution in [-0.4, -0.2) is 46.3 Å². The molecule has 2 fully saturated rings. The Morgan fingerprint density at radius 1 is 0.844 bits per heavy atom. The highest BCUT2D eigenvalue weighted by Gasteiger charge is 2.49. The van der Waals surface area contributed by atoms with Gasteiger partial charge in [0.1, 0.15) is 6.04 Å². The third-order valence-corrected chi connectivity index (χ3v) is 6.15. The first-order valence-corrected chi connectivity index (χ1v) is 10.7. The van der Waals surface area contributed by atoms with Crippen molar-refractivity contribution in [3.63, 3.8) is 0 Å². The van der Waals surface area contributed by atoms with Gasteiger partial charge in [0, 0.05) is 12.1 Å². The fraction of sp³-hybridized carbons (Fsp3) is 0.192. The Kier molecular flexibility index (Phi) is 5.19. The van der Waals surface area contributed by atoms with E-state index in [1.54, 1.807) is 17.0 Å². The van der Waals surface area contributed by atoms with E-state index < -0.39 is 12.1 Å². The molecule has 2 atom stereocenters. The van der Waals surface area contributed by atoms with Gasteiger partial charge in [0.2, 0.25) is 0 Å². The van der Waals surface area contributed by atoms with Crippen molar-refractivity contribution in [2.45, 2.75) is 25.0 Å². The maximum absolute atomic E-state index is 13.3. The number of benzene rings is 3. The number of likely N-dealkylation sites (tertiary alicyclic amines) is 1. The van der Waals surface area contributed by atoms with Crippen molar-refractivity contribution in [3.05, 3.63) is 96.1 Å². The van der Waals surface area contributed by atoms with E-state index in [4.69, 9.17) is 0 Å². The molecule has 6 heteroatoms. The van der Waals surface area contributed by atoms with Crippen LogP contribution in [0.15, 0.2) is 84.9 Å². The quantitative estimate of drug-likeness (QED) is 0.693. The molecule has 6 nitrogen and oxygen atoms in total. The van der Waals surface area contributed by atoms with E-state index in [0.29, 0.717) is 18.5 Å². The van der Waals surface area contributed by atoms with E-state index in [9.17, 15) is 14.4 Å². The monoisotopic (exact) mass is 425 g/mol. The Balaban J connectivity index is 1.36. The molecule has 5 rings (SSSR count). The average Bonchev–Trinajstić information content (AvgIpc) is 3.26. The lowest BCUT2D eigenvalue weighted by molar-refractivity contribution is -0.134. The predicted octanol–water partition coefficient (Wildman–Crippen LogP) is 3.69. The maximum Gasteiger partial charge on any atom is 0.324 e. The van der Waals surface area contributed by atoms with Crippen LogP contribution in [-0.2, 0) is 11.3 Å². The standard InChI is InChI=1S/C26H23N3O3/c30-24(21-13-11-20(12-14-21)19-9-5-2-6-10-19)28-16-15-22-23(28)25(31)29(26(32)27-22)17-18-7-3-1-4-8-18/h1-14,22-23H,15-17H2,(H,27,32)/t22-,23-/m1/s1. The molecule has 0 unspecified atom stereocenters. The second-order valence-corrected chi connectivity index (χ2v) is 8.14. The molecule has 3 aromatic rings. The molecule has 0 bridgehead atoms. The van der Waals surface area contributed by atoms with Crippen LogP contribution in [0.3, 0.4) is 0 Å². The van der Waals surface area contributed by atoms with E-state index in [-0.39, 0.29) is 24.4 Å². The van der Waals surface area contributed by atoms with Gasteiger partial charge < -0.3 is 10.2 Å². The molecule has 2 saturated heterocycles. The molecule has 2 aliphatic rings. The minimum Gasteiger partial charge on any atom is -0.332 e. The molecule has 2 aliphatic heterocycles. The summed E-state index contributed by atoms with van der Waals surface area (Å²) in [7, 11) is 0. The zero-order valence-corrected chi connectivity index (χ0v) is 17.5. The first-order chi connectivity index (χ1) is 15.6. The lowest BCUT2D eigenvalue weighted by Gasteiger charge is -2.37. The van der Waals surface area contributed by atoms with Crippen molar-refractivity contribution in [1.29, 1.82) is 0 Å². The largest absolute Gasteiger partial charge is 0.332 e. The molecule has 1 N–H and O–H groups in total. The van der Waals surface area contributed by atoms with Crippen LogP contribution in [0.5, 0.6) is 0 Å². The van der Waals surface area contributed by atoms with Gasteiger partial charge in [0.05, 0.1) is 12.6 Å². The molecule has 32 heavy (non-hydrogen) atoms. The number of carbonyl (C=O) groups is 3. The highest BCUT2D eigenvalue weighted by Crippen LogP contribution is 2.27. The Hall–Kier alpha value is -3.93. The fourth-order valence-electron chi connectivity index (χ4n) is 4.49. The molecule has 3 aromatic carbocycles. The van der Waals surface area contributed by atoms with Gasteiger partial charge in [0.15, 0.2) is 0 Å². The summed E-state index contributed by atoms with van der Waals surface area (Å²) in [4.78, 5) is 41.9. The Bertz CT molecular complexity index is 1150. The summed E-state index contributed by atoms with van der Waals surface area (Å²) in [5.41, 5.74) is 3.50. The number of rotatable bonds is 4. The number of carbonyl (C=O) groups excluding carboxylic acids is 3. The molecule has 0 radical (unpaired) electrons. The minimum absolute atomic E-state index is 0.183. The fourth-order valence-corrected chi connectivity index (χ4v) is 4.49. The number of nitrogens with zero attached hydrogens (tertiary/aromatic N) is 2. The number of fused-ring (bicyclic) bond motifs is 1. The lowest BCUT2D eigenvalue weighted by atomic mass is 10.0. The third-order valence-electron chi connectivity index (χ3n) is 6.15. The van der Waals surface area contributed by atoms with Crippen LogP contribution >= 0.6 is 0 Å². The maximum atomic E-state index is 13.3. The molecule has 4 amide bonds. The van der Waals surface area contributed by atoms with E-state index in [0.717, 1.165) is 16.7 Å². The summed E-state index contributed by atoms with van der Waals surface area (Å²) in [6.45, 7) is 0.613. The molecule has 0 spiro atoms. The van der Waals surface area contributed by atoms with Gasteiger partial charge >= 0.3 is 6.03 Å². The summed E-state index contributed by atoms with van der Waals surface area (Å²) in [6.07, 6.45) is 0.565. The van der Waals surface area contributed by atoms with E-state index in [1.807, 2.05) is 72.8 Å². The van der Waals surface area contributed by atoms with Crippen molar-refractivity contribution in [3.8, 4) is 11.1 Å². The van der Waals surface area contributed by atoms with Gasteiger partial charge in [-0.2, -0.15) is 0 Å². The second-order valence-electron chi connectivity index (χ2n) is 8.14. The van der Waals surface area contributed by atoms with Gasteiger partial charge in [-0.25, -0.2) is 4.79 Å². The molecule has 0 aliphatic carbocycles. The number of hydrogen-bond acceptors (Lipinski definition) is 3. The number of urea groups is 1. The molecular weight excluding hydrogens is 402 g/mol. The number of amides is 4. The summed E-state index contributed by atoms with van der Waals surface area (Å²) in [5.74, 6) is -0.518. The van der Waals surface area contributed by atoms with Crippen molar-refractivity contribution >= 4 is 17.8 Å². The van der Waals surface area contributed by atoms with Gasteiger partial charge in [-0.15, -0.1) is 0 Å². The average molecular weight is 425 g/mol. The van der Waals surface area contributed by atoms with E-state index in [2.05, 4.69) is 5.32 Å². The highest BCUT2D eigenvalue weighted by atomic mass is 16.2. The van der Waals surface area contributed by atoms with Crippen molar-refractivity contribution in [1.82, 2.24) is 15.1 Å². The van der Waals surface area contributed by atoms with Gasteiger partial charge in [0.25, 0.3) is 11.8 Å². The number of hydrogen-bond donors (Lipinski definition) is 1. The zero-order chi connectivity index (χ0) is 22.1. The Morgan fingerprint density at radius 2 is 1.47 bits per heavy atom. The van der Waals surface area contributed by atoms with Crippen molar-refractivity contribution in [2.75, 3.05) is 6.54 Å². The van der Waals surface area contributed by atoms with Crippen molar-refractivity contribution in [2.24, 2.45) is 0 Å². The van der Waals surface area contributed by atoms with Crippen molar-refractivity contribution < 1.29 is 14.4 Å². The third kappa shape index (κ3) is 3.64. The SMILES string of the molecule is O=C1N[C@@H]2CCN(C(=O)c3ccc(-c4ccccc4)cc3)[C@H]2C(=O)N1Cc1ccccc1. The number of nitrogens with one attached hydrogen (secondary N) is 1. The number of imide groups is 1. The van der Waals surface area contributed by atoms with Crippen LogP contribution in [0.2, 0.25) is 0 Å². The second kappa shape index (κ2) is 8.30. The molecule has 160 valence electrons. The summed E-state index contributed by atoms with van der Waals surface area (Å²) < 4.78 is 0. The van der Waals surface area contributed by atoms with Gasteiger partial charge in [-0.1, -0.05) is 72.8 Å². The predicted molar refractivity (Wildman–Crippen MR) is 121 cm³/mol. The van der Waals surface area contributed by atoms with Crippen LogP contribution < -0.4 is 5.32 Å². The molecular formula is C26H23N3O3. The van der Waals surface area contributed by atoms with Crippen LogP contribution in [0.4, 0.5) is 4.79 Å². The summed E-state index contributed by atoms with van der Waals surface area (Å²) in [5, 5.41) is 2.92. The smallest absolute Gasteiger partial charge is 0.324 e. The zero-order valence-electron chi connectivity index (χ0n) is 17.5. The highest BCUT2D eigenvalue weighted by molar-refractivity contribution is 6.04. The summed E-state index contributed by atoms with van der Waals surface area (Å²) >= 11 is 0. The van der Waals surface area contributed by atoms with E-state index in [1.165, 1.54) is 4.90 Å². The first-order valence-electron chi connectivity index (χ1n) is 10.7. The van der Waals surface area contributed by atoms with Crippen LogP contribution in [0.25, 0.3) is 11.1 Å². The van der Waals surface area contributed by atoms with E-state index >= 15 is 0 Å². The van der Waals surface area contributed by atoms with Gasteiger partial charge in [-0.3, -0.25) is 14.5 Å². The first kappa shape index (κ1) is 20.0. The Morgan fingerprint density at radius 3 is 2.16 bits per heavy atom. The lowest BCUT2D eigenvalue weighted by Crippen LogP contribution is -2.64. The normalized spacial score (nSPS) is 20.1. The van der Waals surface area contributed by atoms with Crippen LogP contribution in [0.1, 0.15) is 22.3 Å². The minimum atomic E-state index is -0.683. The van der Waals surface area contributed by atoms with Crippen LogP contribution in [0, 0.1) is 0 Å². The summed E-state index contributed by atoms with van der Waals surface area (Å²) in [6, 6.07) is 25.3. The Labute approximate surface area is 186 Å². The van der Waals surface area contributed by atoms with Gasteiger partial charge in [-0.05, 0) is 35.2 Å². The topological polar surface area (TPSA) is 69.7 Å². The molecule has 0 saturated carbocycles.